The Hall–Kier alpha value is -2.57. The quantitative estimate of drug-likeness (QED) is 0.758. The highest BCUT2D eigenvalue weighted by atomic mass is 16.5. The number of anilines is 1. The van der Waals surface area contributed by atoms with Crippen LogP contribution in [0.3, 0.4) is 0 Å². The Morgan fingerprint density at radius 3 is 2.78 bits per heavy atom. The molecule has 1 aliphatic rings. The van der Waals surface area contributed by atoms with Crippen LogP contribution in [0, 0.1) is 0 Å². The fourth-order valence-corrected chi connectivity index (χ4v) is 1.66. The molecule has 0 radical (unpaired) electrons. The first-order chi connectivity index (χ1) is 8.49. The van der Waals surface area contributed by atoms with Crippen LogP contribution in [0.1, 0.15) is 10.4 Å². The predicted molar refractivity (Wildman–Crippen MR) is 60.4 cm³/mol. The highest BCUT2D eigenvalue weighted by Gasteiger charge is 2.27. The van der Waals surface area contributed by atoms with E-state index in [2.05, 4.69) is 0 Å². The first-order valence-corrected chi connectivity index (χ1v) is 5.08. The number of hydrogen-bond acceptors (Lipinski definition) is 4. The van der Waals surface area contributed by atoms with Gasteiger partial charge < -0.3 is 15.6 Å². The molecule has 1 aliphatic heterocycles. The van der Waals surface area contributed by atoms with Crippen molar-refractivity contribution in [2.75, 3.05) is 18.1 Å². The van der Waals surface area contributed by atoms with Gasteiger partial charge in [0, 0.05) is 0 Å². The number of ether oxygens (including phenoxy) is 1. The number of carbonyl (C=O) groups is 3. The van der Waals surface area contributed by atoms with Gasteiger partial charge in [0.1, 0.15) is 12.3 Å². The van der Waals surface area contributed by atoms with Crippen LogP contribution in [0.15, 0.2) is 18.2 Å². The molecule has 0 unspecified atom stereocenters. The minimum absolute atomic E-state index is 0.00141. The van der Waals surface area contributed by atoms with E-state index < -0.39 is 17.8 Å². The summed E-state index contributed by atoms with van der Waals surface area (Å²) in [5, 5.41) is 8.88. The maximum Gasteiger partial charge on any atom is 0.335 e. The number of rotatable bonds is 3. The lowest BCUT2D eigenvalue weighted by molar-refractivity contribution is -0.124. The Morgan fingerprint density at radius 1 is 1.44 bits per heavy atom. The molecule has 0 aliphatic carbocycles. The van der Waals surface area contributed by atoms with E-state index in [0.29, 0.717) is 5.75 Å². The number of amides is 2. The number of aromatic carboxylic acids is 1. The van der Waals surface area contributed by atoms with E-state index in [-0.39, 0.29) is 24.4 Å². The number of fused-ring (bicyclic) bond motifs is 1. The van der Waals surface area contributed by atoms with E-state index in [1.807, 2.05) is 0 Å². The molecule has 1 aromatic rings. The molecule has 0 atom stereocenters. The third kappa shape index (κ3) is 2.10. The van der Waals surface area contributed by atoms with Crippen molar-refractivity contribution in [1.29, 1.82) is 0 Å². The smallest absolute Gasteiger partial charge is 0.335 e. The average molecular weight is 250 g/mol. The molecule has 18 heavy (non-hydrogen) atoms. The summed E-state index contributed by atoms with van der Waals surface area (Å²) in [6, 6.07) is 4.08. The Morgan fingerprint density at radius 2 is 2.17 bits per heavy atom. The number of nitrogens with zero attached hydrogens (tertiary/aromatic N) is 1. The third-order valence-corrected chi connectivity index (χ3v) is 2.46. The Bertz CT molecular complexity index is 540. The van der Waals surface area contributed by atoms with Crippen molar-refractivity contribution in [2.45, 2.75) is 0 Å². The van der Waals surface area contributed by atoms with Crippen molar-refractivity contribution in [3.05, 3.63) is 23.8 Å². The summed E-state index contributed by atoms with van der Waals surface area (Å²) in [6.45, 7) is -0.509. The third-order valence-electron chi connectivity index (χ3n) is 2.46. The zero-order chi connectivity index (χ0) is 13.3. The zero-order valence-corrected chi connectivity index (χ0v) is 9.25. The molecule has 3 N–H and O–H groups in total. The normalized spacial score (nSPS) is 13.8. The molecule has 0 bridgehead atoms. The highest BCUT2D eigenvalue weighted by Crippen LogP contribution is 2.32. The summed E-state index contributed by atoms with van der Waals surface area (Å²) >= 11 is 0. The molecule has 0 aromatic heterocycles. The predicted octanol–water partition coefficient (Wildman–Crippen LogP) is -0.404. The van der Waals surface area contributed by atoms with E-state index in [0.717, 1.165) is 4.90 Å². The van der Waals surface area contributed by atoms with Crippen LogP contribution >= 0.6 is 0 Å². The number of carbonyl (C=O) groups excluding carboxylic acids is 2. The maximum absolute atomic E-state index is 11.6. The summed E-state index contributed by atoms with van der Waals surface area (Å²) in [5.41, 5.74) is 5.29. The maximum atomic E-state index is 11.6. The van der Waals surface area contributed by atoms with Gasteiger partial charge >= 0.3 is 5.97 Å². The molecule has 2 rings (SSSR count). The first-order valence-electron chi connectivity index (χ1n) is 5.08. The first kappa shape index (κ1) is 11.9. The molecule has 0 fully saturated rings. The van der Waals surface area contributed by atoms with Crippen molar-refractivity contribution in [1.82, 2.24) is 0 Å². The van der Waals surface area contributed by atoms with Crippen molar-refractivity contribution in [3.63, 3.8) is 0 Å². The van der Waals surface area contributed by atoms with Gasteiger partial charge in [-0.1, -0.05) is 0 Å². The lowest BCUT2D eigenvalue weighted by Gasteiger charge is -2.28. The van der Waals surface area contributed by atoms with Gasteiger partial charge in [0.25, 0.3) is 5.91 Å². The highest BCUT2D eigenvalue weighted by molar-refractivity contribution is 6.03. The van der Waals surface area contributed by atoms with Gasteiger partial charge in [-0.2, -0.15) is 0 Å². The van der Waals surface area contributed by atoms with Crippen molar-refractivity contribution >= 4 is 23.5 Å². The monoisotopic (exact) mass is 250 g/mol. The standard InChI is InChI=1S/C11H10N2O5/c12-9(14)4-13-7-3-6(11(16)17)1-2-8(7)18-5-10(13)15/h1-3H,4-5H2,(H2,12,14)(H,16,17). The van der Waals surface area contributed by atoms with Gasteiger partial charge in [-0.25, -0.2) is 4.79 Å². The van der Waals surface area contributed by atoms with Crippen molar-refractivity contribution < 1.29 is 24.2 Å². The van der Waals surface area contributed by atoms with E-state index in [4.69, 9.17) is 15.6 Å². The molecule has 1 aromatic carbocycles. The van der Waals surface area contributed by atoms with Gasteiger partial charge in [-0.15, -0.1) is 0 Å². The number of benzene rings is 1. The lowest BCUT2D eigenvalue weighted by atomic mass is 10.1. The lowest BCUT2D eigenvalue weighted by Crippen LogP contribution is -2.43. The van der Waals surface area contributed by atoms with Crippen LogP contribution in [0.4, 0.5) is 5.69 Å². The van der Waals surface area contributed by atoms with Crippen LogP contribution in [-0.4, -0.2) is 36.0 Å². The van der Waals surface area contributed by atoms with Crippen LogP contribution in [0.2, 0.25) is 0 Å². The SMILES string of the molecule is NC(=O)CN1C(=O)COc2ccc(C(=O)O)cc21. The second-order valence-electron chi connectivity index (χ2n) is 3.72. The Labute approximate surface area is 102 Å². The topological polar surface area (TPSA) is 110 Å². The van der Waals surface area contributed by atoms with Gasteiger partial charge in [-0.05, 0) is 18.2 Å². The van der Waals surface area contributed by atoms with Gasteiger partial charge in [0.2, 0.25) is 5.91 Å². The Kier molecular flexibility index (Phi) is 2.88. The molecule has 0 saturated carbocycles. The van der Waals surface area contributed by atoms with Crippen molar-refractivity contribution in [3.8, 4) is 5.75 Å². The molecule has 1 heterocycles. The van der Waals surface area contributed by atoms with Crippen LogP contribution in [-0.2, 0) is 9.59 Å². The van der Waals surface area contributed by atoms with E-state index >= 15 is 0 Å². The minimum atomic E-state index is -1.13. The van der Waals surface area contributed by atoms with Gasteiger partial charge in [0.05, 0.1) is 11.3 Å². The molecule has 7 nitrogen and oxygen atoms in total. The fourth-order valence-electron chi connectivity index (χ4n) is 1.66. The fraction of sp³-hybridized carbons (Fsp3) is 0.182. The molecular formula is C11H10N2O5. The molecule has 0 spiro atoms. The minimum Gasteiger partial charge on any atom is -0.482 e. The van der Waals surface area contributed by atoms with E-state index in [1.165, 1.54) is 18.2 Å². The summed E-state index contributed by atoms with van der Waals surface area (Å²) in [4.78, 5) is 34.5. The number of carboxylic acid groups (broad SMARTS) is 1. The van der Waals surface area contributed by atoms with Gasteiger partial charge in [-0.3, -0.25) is 14.5 Å². The van der Waals surface area contributed by atoms with E-state index in [9.17, 15) is 14.4 Å². The summed E-state index contributed by atoms with van der Waals surface area (Å²) in [5.74, 6) is -1.91. The number of hydrogen-bond donors (Lipinski definition) is 2. The molecule has 7 heteroatoms. The second-order valence-corrected chi connectivity index (χ2v) is 3.72. The average Bonchev–Trinajstić information content (AvgIpc) is 2.31. The zero-order valence-electron chi connectivity index (χ0n) is 9.25. The number of carboxylic acids is 1. The van der Waals surface area contributed by atoms with Gasteiger partial charge in [0.15, 0.2) is 6.61 Å². The van der Waals surface area contributed by atoms with Crippen molar-refractivity contribution in [2.24, 2.45) is 5.73 Å². The number of primary amides is 1. The van der Waals surface area contributed by atoms with Crippen LogP contribution in [0.25, 0.3) is 0 Å². The molecule has 0 saturated heterocycles. The van der Waals surface area contributed by atoms with Crippen LogP contribution < -0.4 is 15.4 Å². The molecule has 94 valence electrons. The summed E-state index contributed by atoms with van der Waals surface area (Å²) < 4.78 is 5.15. The largest absolute Gasteiger partial charge is 0.482 e. The summed E-state index contributed by atoms with van der Waals surface area (Å²) in [6.07, 6.45) is 0. The summed E-state index contributed by atoms with van der Waals surface area (Å²) in [7, 11) is 0. The number of nitrogens with two attached hydrogens (primary N) is 1. The second kappa shape index (κ2) is 4.36. The molecular weight excluding hydrogens is 240 g/mol. The van der Waals surface area contributed by atoms with E-state index in [1.54, 1.807) is 0 Å². The van der Waals surface area contributed by atoms with Crippen LogP contribution in [0.5, 0.6) is 5.75 Å². The Balaban J connectivity index is 2.46. The molecule has 2 amide bonds.